The molecule has 4 nitrogen and oxygen atoms in total. The fourth-order valence-electron chi connectivity index (χ4n) is 4.28. The van der Waals surface area contributed by atoms with Gasteiger partial charge in [0, 0.05) is 28.6 Å². The standard InChI is InChI=1S/C21H19F5N2O2/c1-19(7-6-12-15(27)4-3-5-16(12)28-19)18(20(10-30-20)21(24,25)26)13-8-11(22)9-14(23)17(13)29-2/h3-9,18,28H,10,27H2,1-2H3. The van der Waals surface area contributed by atoms with Gasteiger partial charge in [0.15, 0.2) is 17.2 Å². The van der Waals surface area contributed by atoms with Crippen molar-refractivity contribution in [3.05, 3.63) is 59.2 Å². The van der Waals surface area contributed by atoms with Gasteiger partial charge in [-0.05, 0) is 25.1 Å². The topological polar surface area (TPSA) is 59.8 Å². The number of alkyl halides is 3. The second kappa shape index (κ2) is 6.60. The lowest BCUT2D eigenvalue weighted by atomic mass is 9.70. The van der Waals surface area contributed by atoms with Gasteiger partial charge < -0.3 is 20.5 Å². The van der Waals surface area contributed by atoms with Crippen LogP contribution in [-0.4, -0.2) is 31.0 Å². The molecule has 9 heteroatoms. The molecule has 0 radical (unpaired) electrons. The highest BCUT2D eigenvalue weighted by Crippen LogP contribution is 2.59. The Morgan fingerprint density at radius 3 is 2.53 bits per heavy atom. The van der Waals surface area contributed by atoms with Crippen LogP contribution in [-0.2, 0) is 4.74 Å². The zero-order valence-corrected chi connectivity index (χ0v) is 16.1. The van der Waals surface area contributed by atoms with Gasteiger partial charge in [-0.3, -0.25) is 0 Å². The zero-order valence-electron chi connectivity index (χ0n) is 16.1. The smallest absolute Gasteiger partial charge is 0.420 e. The van der Waals surface area contributed by atoms with Crippen molar-refractivity contribution in [1.29, 1.82) is 0 Å². The predicted molar refractivity (Wildman–Crippen MR) is 102 cm³/mol. The highest BCUT2D eigenvalue weighted by Gasteiger charge is 2.73. The Balaban J connectivity index is 1.94. The van der Waals surface area contributed by atoms with Crippen LogP contribution >= 0.6 is 0 Å². The SMILES string of the molecule is COc1c(F)cc(F)cc1C(C1(C)C=Cc2c(N)cccc2N1)C1(C(F)(F)F)CO1. The van der Waals surface area contributed by atoms with Crippen LogP contribution in [0.4, 0.5) is 33.3 Å². The van der Waals surface area contributed by atoms with Crippen LogP contribution in [0.5, 0.6) is 5.75 Å². The van der Waals surface area contributed by atoms with Gasteiger partial charge in [-0.15, -0.1) is 0 Å². The lowest BCUT2D eigenvalue weighted by molar-refractivity contribution is -0.193. The number of nitrogens with two attached hydrogens (primary N) is 1. The predicted octanol–water partition coefficient (Wildman–Crippen LogP) is 4.87. The minimum Gasteiger partial charge on any atom is -0.493 e. The maximum Gasteiger partial charge on any atom is 0.420 e. The second-order valence-corrected chi connectivity index (χ2v) is 7.67. The summed E-state index contributed by atoms with van der Waals surface area (Å²) in [6.45, 7) is 0.870. The Kier molecular flexibility index (Phi) is 4.50. The number of nitrogen functional groups attached to an aromatic ring is 1. The summed E-state index contributed by atoms with van der Waals surface area (Å²) < 4.78 is 80.9. The summed E-state index contributed by atoms with van der Waals surface area (Å²) in [6.07, 6.45) is -1.68. The van der Waals surface area contributed by atoms with E-state index >= 15 is 0 Å². The number of hydrogen-bond acceptors (Lipinski definition) is 4. The average molecular weight is 426 g/mol. The molecule has 0 spiro atoms. The van der Waals surface area contributed by atoms with E-state index in [9.17, 15) is 22.0 Å². The van der Waals surface area contributed by atoms with E-state index in [0.29, 0.717) is 23.0 Å². The van der Waals surface area contributed by atoms with Crippen molar-refractivity contribution >= 4 is 17.5 Å². The van der Waals surface area contributed by atoms with Crippen molar-refractivity contribution in [3.8, 4) is 5.75 Å². The zero-order chi connectivity index (χ0) is 21.9. The van der Waals surface area contributed by atoms with E-state index in [2.05, 4.69) is 5.32 Å². The van der Waals surface area contributed by atoms with E-state index in [4.69, 9.17) is 15.2 Å². The summed E-state index contributed by atoms with van der Waals surface area (Å²) in [4.78, 5) is 0. The molecule has 0 aliphatic carbocycles. The average Bonchev–Trinajstić information content (AvgIpc) is 3.43. The van der Waals surface area contributed by atoms with E-state index < -0.39 is 47.2 Å². The molecule has 3 unspecified atom stereocenters. The van der Waals surface area contributed by atoms with Crippen LogP contribution in [0, 0.1) is 11.6 Å². The summed E-state index contributed by atoms with van der Waals surface area (Å²) >= 11 is 0. The van der Waals surface area contributed by atoms with Crippen molar-refractivity contribution in [2.45, 2.75) is 30.2 Å². The van der Waals surface area contributed by atoms with Gasteiger partial charge in [0.1, 0.15) is 5.82 Å². The normalized spacial score (nSPS) is 26.0. The maximum atomic E-state index is 14.4. The number of anilines is 2. The molecule has 2 aliphatic heterocycles. The third-order valence-corrected chi connectivity index (χ3v) is 5.69. The fraction of sp³-hybridized carbons (Fsp3) is 0.333. The van der Waals surface area contributed by atoms with Crippen LogP contribution < -0.4 is 15.8 Å². The van der Waals surface area contributed by atoms with Gasteiger partial charge in [-0.2, -0.15) is 13.2 Å². The molecule has 0 amide bonds. The molecule has 160 valence electrons. The summed E-state index contributed by atoms with van der Waals surface area (Å²) in [5.74, 6) is -4.13. The van der Waals surface area contributed by atoms with E-state index in [-0.39, 0.29) is 5.56 Å². The van der Waals surface area contributed by atoms with Gasteiger partial charge in [0.2, 0.25) is 0 Å². The molecule has 2 aliphatic rings. The molecule has 0 aromatic heterocycles. The number of hydrogen-bond donors (Lipinski definition) is 2. The largest absolute Gasteiger partial charge is 0.493 e. The number of ether oxygens (including phenoxy) is 2. The molecular formula is C21H19F5N2O2. The van der Waals surface area contributed by atoms with Gasteiger partial charge in [-0.1, -0.05) is 18.2 Å². The molecule has 2 aromatic rings. The van der Waals surface area contributed by atoms with Crippen molar-refractivity contribution in [1.82, 2.24) is 0 Å². The molecule has 30 heavy (non-hydrogen) atoms. The van der Waals surface area contributed by atoms with Crippen LogP contribution in [0.15, 0.2) is 36.4 Å². The van der Waals surface area contributed by atoms with Crippen LogP contribution in [0.1, 0.15) is 24.0 Å². The quantitative estimate of drug-likeness (QED) is 0.416. The van der Waals surface area contributed by atoms with E-state index in [1.165, 1.54) is 13.0 Å². The molecule has 1 fully saturated rings. The maximum absolute atomic E-state index is 14.4. The number of halogens is 5. The Morgan fingerprint density at radius 2 is 1.93 bits per heavy atom. The Bertz CT molecular complexity index is 1030. The molecule has 0 bridgehead atoms. The highest BCUT2D eigenvalue weighted by atomic mass is 19.4. The number of rotatable bonds is 4. The molecule has 1 saturated heterocycles. The molecule has 3 atom stereocenters. The Hall–Kier alpha value is -2.81. The van der Waals surface area contributed by atoms with Gasteiger partial charge in [0.25, 0.3) is 0 Å². The van der Waals surface area contributed by atoms with E-state index in [0.717, 1.165) is 13.2 Å². The first-order valence-electron chi connectivity index (χ1n) is 9.12. The van der Waals surface area contributed by atoms with Crippen LogP contribution in [0.3, 0.4) is 0 Å². The number of nitrogens with one attached hydrogen (secondary N) is 1. The monoisotopic (exact) mass is 426 g/mol. The van der Waals surface area contributed by atoms with Gasteiger partial charge in [-0.25, -0.2) is 8.78 Å². The van der Waals surface area contributed by atoms with E-state index in [1.54, 1.807) is 24.3 Å². The van der Waals surface area contributed by atoms with E-state index in [1.807, 2.05) is 0 Å². The van der Waals surface area contributed by atoms with Gasteiger partial charge in [0.05, 0.1) is 25.2 Å². The van der Waals surface area contributed by atoms with Crippen molar-refractivity contribution in [2.24, 2.45) is 0 Å². The van der Waals surface area contributed by atoms with Crippen LogP contribution in [0.2, 0.25) is 0 Å². The first kappa shape index (κ1) is 20.5. The Morgan fingerprint density at radius 1 is 1.23 bits per heavy atom. The third-order valence-electron chi connectivity index (χ3n) is 5.69. The minimum atomic E-state index is -4.79. The highest BCUT2D eigenvalue weighted by molar-refractivity contribution is 5.81. The molecule has 2 heterocycles. The van der Waals surface area contributed by atoms with Crippen molar-refractivity contribution in [2.75, 3.05) is 24.8 Å². The van der Waals surface area contributed by atoms with Crippen molar-refractivity contribution < 1.29 is 31.4 Å². The number of benzene rings is 2. The fourth-order valence-corrected chi connectivity index (χ4v) is 4.28. The number of fused-ring (bicyclic) bond motifs is 1. The third kappa shape index (κ3) is 2.99. The lowest BCUT2D eigenvalue weighted by Crippen LogP contribution is -2.53. The van der Waals surface area contributed by atoms with Gasteiger partial charge >= 0.3 is 6.18 Å². The first-order valence-corrected chi connectivity index (χ1v) is 9.12. The number of methoxy groups -OCH3 is 1. The summed E-state index contributed by atoms with van der Waals surface area (Å²) in [5, 5.41) is 3.07. The van der Waals surface area contributed by atoms with Crippen molar-refractivity contribution in [3.63, 3.8) is 0 Å². The minimum absolute atomic E-state index is 0.281. The second-order valence-electron chi connectivity index (χ2n) is 7.67. The van der Waals surface area contributed by atoms with Crippen LogP contribution in [0.25, 0.3) is 6.08 Å². The Labute approximate surface area is 169 Å². The molecule has 3 N–H and O–H groups in total. The first-order chi connectivity index (χ1) is 14.0. The number of epoxide rings is 1. The summed E-state index contributed by atoms with van der Waals surface area (Å²) in [5.41, 5.74) is 3.17. The molecule has 2 aromatic carbocycles. The lowest BCUT2D eigenvalue weighted by Gasteiger charge is -2.43. The molecular weight excluding hydrogens is 407 g/mol. The molecule has 0 saturated carbocycles. The molecule has 4 rings (SSSR count). The summed E-state index contributed by atoms with van der Waals surface area (Å²) in [7, 11) is 1.12. The summed E-state index contributed by atoms with van der Waals surface area (Å²) in [6, 6.07) is 6.41.